The first-order valence-corrected chi connectivity index (χ1v) is 6.95. The molecule has 1 aliphatic heterocycles. The van der Waals surface area contributed by atoms with Crippen LogP contribution in [0.4, 0.5) is 4.39 Å². The number of nitrogens with zero attached hydrogens (tertiary/aromatic N) is 1. The monoisotopic (exact) mass is 358 g/mol. The summed E-state index contributed by atoms with van der Waals surface area (Å²) in [6, 6.07) is 2.68. The molecule has 0 aromatic heterocycles. The molecule has 0 aliphatic carbocycles. The van der Waals surface area contributed by atoms with Gasteiger partial charge in [-0.15, -0.1) is 0 Å². The van der Waals surface area contributed by atoms with Crippen molar-refractivity contribution in [3.05, 3.63) is 34.1 Å². The van der Waals surface area contributed by atoms with Gasteiger partial charge in [-0.2, -0.15) is 0 Å². The summed E-state index contributed by atoms with van der Waals surface area (Å²) in [5, 5.41) is 11.4. The highest BCUT2D eigenvalue weighted by Crippen LogP contribution is 2.20. The van der Waals surface area contributed by atoms with Gasteiger partial charge in [0, 0.05) is 18.7 Å². The Morgan fingerprint density at radius 1 is 1.48 bits per heavy atom. The Morgan fingerprint density at radius 2 is 2.19 bits per heavy atom. The second-order valence-electron chi connectivity index (χ2n) is 4.53. The number of carboxylic acid groups (broad SMARTS) is 1. The zero-order chi connectivity index (χ0) is 15.6. The van der Waals surface area contributed by atoms with Crippen LogP contribution >= 0.6 is 15.9 Å². The van der Waals surface area contributed by atoms with Crippen LogP contribution < -0.4 is 5.32 Å². The van der Waals surface area contributed by atoms with Crippen LogP contribution in [-0.4, -0.2) is 46.9 Å². The molecule has 1 aromatic carbocycles. The Labute approximate surface area is 128 Å². The Morgan fingerprint density at radius 3 is 2.81 bits per heavy atom. The van der Waals surface area contributed by atoms with E-state index in [1.54, 1.807) is 0 Å². The largest absolute Gasteiger partial charge is 0.481 e. The summed E-state index contributed by atoms with van der Waals surface area (Å²) in [6.07, 6.45) is -0.472. The third kappa shape index (κ3) is 3.38. The van der Waals surface area contributed by atoms with E-state index in [9.17, 15) is 18.8 Å². The average molecular weight is 359 g/mol. The van der Waals surface area contributed by atoms with Gasteiger partial charge in [-0.3, -0.25) is 14.4 Å². The summed E-state index contributed by atoms with van der Waals surface area (Å²) in [5.74, 6) is -2.69. The van der Waals surface area contributed by atoms with Crippen molar-refractivity contribution < 1.29 is 23.9 Å². The number of benzene rings is 1. The molecule has 6 nitrogen and oxygen atoms in total. The smallest absolute Gasteiger partial charge is 0.305 e. The summed E-state index contributed by atoms with van der Waals surface area (Å²) in [4.78, 5) is 36.2. The molecule has 1 heterocycles. The van der Waals surface area contributed by atoms with E-state index in [2.05, 4.69) is 21.2 Å². The number of aliphatic carboxylic acids is 1. The highest BCUT2D eigenvalue weighted by molar-refractivity contribution is 9.10. The van der Waals surface area contributed by atoms with E-state index in [4.69, 9.17) is 5.11 Å². The van der Waals surface area contributed by atoms with Gasteiger partial charge in [0.25, 0.3) is 5.91 Å². The zero-order valence-corrected chi connectivity index (χ0v) is 12.4. The van der Waals surface area contributed by atoms with Crippen molar-refractivity contribution >= 4 is 33.7 Å². The number of hydrogen-bond donors (Lipinski definition) is 2. The van der Waals surface area contributed by atoms with Gasteiger partial charge in [-0.25, -0.2) is 4.39 Å². The molecule has 1 atom stereocenters. The predicted octanol–water partition coefficient (Wildman–Crippen LogP) is 1.00. The molecule has 1 aromatic rings. The van der Waals surface area contributed by atoms with Crippen molar-refractivity contribution in [1.82, 2.24) is 10.2 Å². The van der Waals surface area contributed by atoms with Gasteiger partial charge in [-0.1, -0.05) is 0 Å². The molecule has 2 amide bonds. The number of carbonyl (C=O) groups is 3. The lowest BCUT2D eigenvalue weighted by atomic mass is 10.1. The first-order valence-electron chi connectivity index (χ1n) is 6.15. The fourth-order valence-electron chi connectivity index (χ4n) is 2.12. The van der Waals surface area contributed by atoms with Crippen LogP contribution in [0.15, 0.2) is 22.7 Å². The van der Waals surface area contributed by atoms with Crippen molar-refractivity contribution in [3.8, 4) is 0 Å². The van der Waals surface area contributed by atoms with Crippen LogP contribution in [0.3, 0.4) is 0 Å². The Hall–Kier alpha value is -1.96. The maximum absolute atomic E-state index is 13.2. The number of nitrogens with one attached hydrogen (secondary N) is 1. The number of amides is 2. The fraction of sp³-hybridized carbons (Fsp3) is 0.308. The predicted molar refractivity (Wildman–Crippen MR) is 74.2 cm³/mol. The molecule has 1 aliphatic rings. The van der Waals surface area contributed by atoms with E-state index in [0.29, 0.717) is 0 Å². The van der Waals surface area contributed by atoms with Gasteiger partial charge < -0.3 is 15.3 Å². The molecule has 2 N–H and O–H groups in total. The maximum Gasteiger partial charge on any atom is 0.305 e. The third-order valence-electron chi connectivity index (χ3n) is 3.13. The Balaban J connectivity index is 2.27. The highest BCUT2D eigenvalue weighted by Gasteiger charge is 2.35. The van der Waals surface area contributed by atoms with E-state index in [1.165, 1.54) is 17.0 Å². The Kier molecular flexibility index (Phi) is 4.56. The normalized spacial score (nSPS) is 18.3. The third-order valence-corrected chi connectivity index (χ3v) is 3.73. The number of halogens is 2. The Bertz CT molecular complexity index is 608. The minimum atomic E-state index is -1.17. The standard InChI is InChI=1S/C13H12BrFN2O4/c14-8-5-7(1-2-9(8)15)13(21)17-4-3-16-12(20)10(17)6-11(18)19/h1-2,5,10H,3-4,6H2,(H,16,20)(H,18,19). The lowest BCUT2D eigenvalue weighted by molar-refractivity contribution is -0.142. The second-order valence-corrected chi connectivity index (χ2v) is 5.39. The number of carbonyl (C=O) groups excluding carboxylic acids is 2. The molecule has 1 unspecified atom stereocenters. The molecule has 2 rings (SSSR count). The van der Waals surface area contributed by atoms with Crippen molar-refractivity contribution in [1.29, 1.82) is 0 Å². The van der Waals surface area contributed by atoms with Crippen LogP contribution in [0, 0.1) is 5.82 Å². The van der Waals surface area contributed by atoms with Crippen molar-refractivity contribution in [3.63, 3.8) is 0 Å². The molecule has 0 saturated carbocycles. The highest BCUT2D eigenvalue weighted by atomic mass is 79.9. The SMILES string of the molecule is O=C(O)CC1C(=O)NCCN1C(=O)c1ccc(F)c(Br)c1. The van der Waals surface area contributed by atoms with Crippen LogP contribution in [-0.2, 0) is 9.59 Å². The molecule has 0 radical (unpaired) electrons. The van der Waals surface area contributed by atoms with Crippen molar-refractivity contribution in [2.24, 2.45) is 0 Å². The quantitative estimate of drug-likeness (QED) is 0.843. The first kappa shape index (κ1) is 15.4. The van der Waals surface area contributed by atoms with Crippen molar-refractivity contribution in [2.45, 2.75) is 12.5 Å². The van der Waals surface area contributed by atoms with Gasteiger partial charge in [0.2, 0.25) is 5.91 Å². The molecular formula is C13H12BrFN2O4. The topological polar surface area (TPSA) is 86.7 Å². The van der Waals surface area contributed by atoms with E-state index < -0.39 is 36.1 Å². The lowest BCUT2D eigenvalue weighted by Gasteiger charge is -2.34. The first-order chi connectivity index (χ1) is 9.90. The molecule has 0 spiro atoms. The molecule has 1 fully saturated rings. The molecule has 0 bridgehead atoms. The fourth-order valence-corrected chi connectivity index (χ4v) is 2.50. The summed E-state index contributed by atoms with van der Waals surface area (Å²) in [6.45, 7) is 0.459. The van der Waals surface area contributed by atoms with Gasteiger partial charge in [0.15, 0.2) is 0 Å². The molecule has 1 saturated heterocycles. The van der Waals surface area contributed by atoms with Crippen LogP contribution in [0.2, 0.25) is 0 Å². The van der Waals surface area contributed by atoms with E-state index in [0.717, 1.165) is 6.07 Å². The van der Waals surface area contributed by atoms with E-state index >= 15 is 0 Å². The summed E-state index contributed by atoms with van der Waals surface area (Å²) in [7, 11) is 0. The number of carboxylic acids is 1. The van der Waals surface area contributed by atoms with Crippen LogP contribution in [0.5, 0.6) is 0 Å². The molecule has 8 heteroatoms. The zero-order valence-electron chi connectivity index (χ0n) is 10.8. The molecular weight excluding hydrogens is 347 g/mol. The van der Waals surface area contributed by atoms with Crippen LogP contribution in [0.25, 0.3) is 0 Å². The van der Waals surface area contributed by atoms with Crippen molar-refractivity contribution in [2.75, 3.05) is 13.1 Å². The summed E-state index contributed by atoms with van der Waals surface area (Å²) < 4.78 is 13.3. The molecule has 21 heavy (non-hydrogen) atoms. The minimum Gasteiger partial charge on any atom is -0.481 e. The maximum atomic E-state index is 13.2. The van der Waals surface area contributed by atoms with E-state index in [-0.39, 0.29) is 23.1 Å². The summed E-state index contributed by atoms with van der Waals surface area (Å²) >= 11 is 2.99. The van der Waals surface area contributed by atoms with Gasteiger partial charge in [0.05, 0.1) is 10.9 Å². The number of piperazine rings is 1. The van der Waals surface area contributed by atoms with Gasteiger partial charge in [0.1, 0.15) is 11.9 Å². The minimum absolute atomic E-state index is 0.129. The second kappa shape index (κ2) is 6.21. The average Bonchev–Trinajstić information content (AvgIpc) is 2.43. The van der Waals surface area contributed by atoms with Crippen LogP contribution in [0.1, 0.15) is 16.8 Å². The van der Waals surface area contributed by atoms with E-state index in [1.807, 2.05) is 0 Å². The lowest BCUT2D eigenvalue weighted by Crippen LogP contribution is -2.57. The van der Waals surface area contributed by atoms with Gasteiger partial charge >= 0.3 is 5.97 Å². The number of rotatable bonds is 3. The number of hydrogen-bond acceptors (Lipinski definition) is 3. The van der Waals surface area contributed by atoms with Gasteiger partial charge in [-0.05, 0) is 34.1 Å². The summed E-state index contributed by atoms with van der Waals surface area (Å²) in [5.41, 5.74) is 0.188. The molecule has 112 valence electrons.